The van der Waals surface area contributed by atoms with E-state index in [0.29, 0.717) is 0 Å². The van der Waals surface area contributed by atoms with Crippen LogP contribution in [0.5, 0.6) is 0 Å². The molecule has 1 atom stereocenters. The maximum absolute atomic E-state index is 5.92. The number of halogens is 1. The van der Waals surface area contributed by atoms with Crippen LogP contribution in [0.4, 0.5) is 0 Å². The van der Waals surface area contributed by atoms with Crippen LogP contribution in [0.2, 0.25) is 5.02 Å². The second-order valence-electron chi connectivity index (χ2n) is 3.12. The highest BCUT2D eigenvalue weighted by Crippen LogP contribution is 2.31. The summed E-state index contributed by atoms with van der Waals surface area (Å²) in [7, 11) is 0. The van der Waals surface area contributed by atoms with Gasteiger partial charge in [-0.3, -0.25) is 0 Å². The van der Waals surface area contributed by atoms with Gasteiger partial charge in [0, 0.05) is 15.8 Å². The van der Waals surface area contributed by atoms with Gasteiger partial charge in [0.05, 0.1) is 0 Å². The SMILES string of the molecule is CC(N)c1csc2ccc(Cl)cc12. The predicted molar refractivity (Wildman–Crippen MR) is 59.4 cm³/mol. The van der Waals surface area contributed by atoms with Crippen molar-refractivity contribution in [3.8, 4) is 0 Å². The van der Waals surface area contributed by atoms with Gasteiger partial charge in [0.25, 0.3) is 0 Å². The van der Waals surface area contributed by atoms with Crippen LogP contribution >= 0.6 is 22.9 Å². The minimum atomic E-state index is 0.0761. The molecule has 0 aliphatic carbocycles. The first kappa shape index (κ1) is 9.00. The Balaban J connectivity index is 2.71. The molecule has 1 nitrogen and oxygen atoms in total. The predicted octanol–water partition coefficient (Wildman–Crippen LogP) is 3.57. The van der Waals surface area contributed by atoms with E-state index in [-0.39, 0.29) is 6.04 Å². The van der Waals surface area contributed by atoms with Crippen molar-refractivity contribution in [2.45, 2.75) is 13.0 Å². The molecule has 0 aliphatic rings. The Hall–Kier alpha value is -0.570. The van der Waals surface area contributed by atoms with Crippen molar-refractivity contribution in [3.05, 3.63) is 34.2 Å². The molecule has 2 aromatic rings. The lowest BCUT2D eigenvalue weighted by atomic mass is 10.1. The normalized spacial score (nSPS) is 13.5. The van der Waals surface area contributed by atoms with Crippen molar-refractivity contribution in [2.75, 3.05) is 0 Å². The van der Waals surface area contributed by atoms with Gasteiger partial charge in [-0.05, 0) is 41.5 Å². The van der Waals surface area contributed by atoms with E-state index in [1.807, 2.05) is 25.1 Å². The van der Waals surface area contributed by atoms with E-state index in [4.69, 9.17) is 17.3 Å². The Morgan fingerprint density at radius 2 is 2.23 bits per heavy atom. The zero-order valence-corrected chi connectivity index (χ0v) is 8.82. The van der Waals surface area contributed by atoms with E-state index in [1.165, 1.54) is 15.6 Å². The fourth-order valence-electron chi connectivity index (χ4n) is 1.37. The summed E-state index contributed by atoms with van der Waals surface area (Å²) in [5.41, 5.74) is 7.02. The molecule has 1 aromatic heterocycles. The van der Waals surface area contributed by atoms with Gasteiger partial charge in [0.2, 0.25) is 0 Å². The summed E-state index contributed by atoms with van der Waals surface area (Å²) in [5, 5.41) is 4.06. The molecule has 0 bridgehead atoms. The molecular formula is C10H10ClNS. The highest BCUT2D eigenvalue weighted by Gasteiger charge is 2.07. The molecule has 1 heterocycles. The van der Waals surface area contributed by atoms with Gasteiger partial charge < -0.3 is 5.73 Å². The Bertz CT molecular complexity index is 433. The summed E-state index contributed by atoms with van der Waals surface area (Å²) in [6, 6.07) is 6.00. The van der Waals surface area contributed by atoms with Crippen LogP contribution in [0, 0.1) is 0 Å². The first-order chi connectivity index (χ1) is 6.18. The summed E-state index contributed by atoms with van der Waals surface area (Å²) >= 11 is 7.63. The summed E-state index contributed by atoms with van der Waals surface area (Å²) in [4.78, 5) is 0. The van der Waals surface area contributed by atoms with Crippen LogP contribution in [0.3, 0.4) is 0 Å². The van der Waals surface area contributed by atoms with Crippen molar-refractivity contribution in [1.82, 2.24) is 0 Å². The topological polar surface area (TPSA) is 26.0 Å². The number of benzene rings is 1. The zero-order valence-electron chi connectivity index (χ0n) is 7.25. The van der Waals surface area contributed by atoms with Crippen LogP contribution in [0.1, 0.15) is 18.5 Å². The Morgan fingerprint density at radius 3 is 2.92 bits per heavy atom. The molecule has 1 unspecified atom stereocenters. The van der Waals surface area contributed by atoms with E-state index in [9.17, 15) is 0 Å². The second-order valence-corrected chi connectivity index (χ2v) is 4.47. The Morgan fingerprint density at radius 1 is 1.46 bits per heavy atom. The molecule has 68 valence electrons. The third kappa shape index (κ3) is 1.57. The van der Waals surface area contributed by atoms with Crippen molar-refractivity contribution in [3.63, 3.8) is 0 Å². The van der Waals surface area contributed by atoms with Crippen molar-refractivity contribution < 1.29 is 0 Å². The number of fused-ring (bicyclic) bond motifs is 1. The van der Waals surface area contributed by atoms with Gasteiger partial charge in [-0.1, -0.05) is 11.6 Å². The number of thiophene rings is 1. The van der Waals surface area contributed by atoms with E-state index in [2.05, 4.69) is 5.38 Å². The molecule has 13 heavy (non-hydrogen) atoms. The smallest absolute Gasteiger partial charge is 0.0413 e. The molecule has 0 radical (unpaired) electrons. The van der Waals surface area contributed by atoms with Gasteiger partial charge in [-0.25, -0.2) is 0 Å². The molecule has 2 N–H and O–H groups in total. The van der Waals surface area contributed by atoms with Crippen LogP contribution in [-0.4, -0.2) is 0 Å². The van der Waals surface area contributed by atoms with E-state index in [0.717, 1.165) is 5.02 Å². The van der Waals surface area contributed by atoms with Gasteiger partial charge >= 0.3 is 0 Å². The lowest BCUT2D eigenvalue weighted by Gasteiger charge is -2.02. The number of nitrogens with two attached hydrogens (primary N) is 1. The second kappa shape index (κ2) is 3.29. The monoisotopic (exact) mass is 211 g/mol. The minimum Gasteiger partial charge on any atom is -0.324 e. The van der Waals surface area contributed by atoms with Crippen LogP contribution in [0.25, 0.3) is 10.1 Å². The molecule has 0 spiro atoms. The highest BCUT2D eigenvalue weighted by atomic mass is 35.5. The van der Waals surface area contributed by atoms with Crippen molar-refractivity contribution >= 4 is 33.0 Å². The quantitative estimate of drug-likeness (QED) is 0.767. The third-order valence-corrected chi connectivity index (χ3v) is 3.27. The lowest BCUT2D eigenvalue weighted by Crippen LogP contribution is -2.03. The molecule has 0 amide bonds. The third-order valence-electron chi connectivity index (χ3n) is 2.06. The molecule has 0 saturated heterocycles. The zero-order chi connectivity index (χ0) is 9.42. The molecule has 2 rings (SSSR count). The van der Waals surface area contributed by atoms with Gasteiger partial charge in [0.1, 0.15) is 0 Å². The average Bonchev–Trinajstić information content (AvgIpc) is 2.46. The lowest BCUT2D eigenvalue weighted by molar-refractivity contribution is 0.830. The number of hydrogen-bond acceptors (Lipinski definition) is 2. The summed E-state index contributed by atoms with van der Waals surface area (Å²) in [6.45, 7) is 1.99. The van der Waals surface area contributed by atoms with Crippen LogP contribution in [-0.2, 0) is 0 Å². The average molecular weight is 212 g/mol. The fourth-order valence-corrected chi connectivity index (χ4v) is 2.59. The minimum absolute atomic E-state index is 0.0761. The van der Waals surface area contributed by atoms with Gasteiger partial charge in [-0.15, -0.1) is 11.3 Å². The first-order valence-electron chi connectivity index (χ1n) is 4.10. The van der Waals surface area contributed by atoms with Gasteiger partial charge in [-0.2, -0.15) is 0 Å². The molecule has 1 aromatic carbocycles. The number of rotatable bonds is 1. The highest BCUT2D eigenvalue weighted by molar-refractivity contribution is 7.17. The molecular weight excluding hydrogens is 202 g/mol. The van der Waals surface area contributed by atoms with E-state index >= 15 is 0 Å². The van der Waals surface area contributed by atoms with Crippen molar-refractivity contribution in [1.29, 1.82) is 0 Å². The summed E-state index contributed by atoms with van der Waals surface area (Å²) < 4.78 is 1.25. The maximum atomic E-state index is 5.92. The Kier molecular flexibility index (Phi) is 2.28. The first-order valence-corrected chi connectivity index (χ1v) is 5.36. The largest absolute Gasteiger partial charge is 0.324 e. The van der Waals surface area contributed by atoms with Crippen molar-refractivity contribution in [2.24, 2.45) is 5.73 Å². The molecule has 0 aliphatic heterocycles. The Labute approximate surface area is 86.1 Å². The van der Waals surface area contributed by atoms with E-state index in [1.54, 1.807) is 11.3 Å². The molecule has 0 saturated carbocycles. The van der Waals surface area contributed by atoms with Gasteiger partial charge in [0.15, 0.2) is 0 Å². The fraction of sp³-hybridized carbons (Fsp3) is 0.200. The summed E-state index contributed by atoms with van der Waals surface area (Å²) in [5.74, 6) is 0. The number of hydrogen-bond donors (Lipinski definition) is 1. The van der Waals surface area contributed by atoms with Crippen LogP contribution < -0.4 is 5.73 Å². The van der Waals surface area contributed by atoms with E-state index < -0.39 is 0 Å². The standard InChI is InChI=1S/C10H10ClNS/c1-6(12)9-5-13-10-3-2-7(11)4-8(9)10/h2-6H,12H2,1H3. The molecule has 3 heteroatoms. The maximum Gasteiger partial charge on any atom is 0.0413 e. The molecule has 0 fully saturated rings. The van der Waals surface area contributed by atoms with Crippen LogP contribution in [0.15, 0.2) is 23.6 Å². The summed E-state index contributed by atoms with van der Waals surface area (Å²) in [6.07, 6.45) is 0.